The molecule has 21 heavy (non-hydrogen) atoms. The molecule has 1 aliphatic heterocycles. The van der Waals surface area contributed by atoms with Gasteiger partial charge in [-0.3, -0.25) is 4.68 Å². The van der Waals surface area contributed by atoms with Crippen LogP contribution in [0.3, 0.4) is 0 Å². The molecule has 1 saturated heterocycles. The normalized spacial score (nSPS) is 19.6. The highest BCUT2D eigenvalue weighted by atomic mass is 32.2. The molecule has 0 aliphatic carbocycles. The van der Waals surface area contributed by atoms with Gasteiger partial charge in [-0.25, -0.2) is 13.2 Å². The quantitative estimate of drug-likeness (QED) is 0.780. The Bertz CT molecular complexity index is 627. The number of carbonyl (C=O) groups is 1. The average molecular weight is 317 g/mol. The van der Waals surface area contributed by atoms with Crippen LogP contribution in [0.1, 0.15) is 13.3 Å². The molecule has 1 aromatic rings. The fourth-order valence-corrected chi connectivity index (χ4v) is 3.77. The zero-order valence-electron chi connectivity index (χ0n) is 11.9. The molecular weight excluding hydrogens is 298 g/mol. The molecule has 1 amide bonds. The van der Waals surface area contributed by atoms with Crippen molar-refractivity contribution in [2.45, 2.75) is 30.8 Å². The Balaban J connectivity index is 2.14. The number of alkyl carbamates (subject to hydrolysis) is 1. The largest absolute Gasteiger partial charge is 0.453 e. The molecule has 3 N–H and O–H groups in total. The number of nitrogens with zero attached hydrogens (tertiary/aromatic N) is 3. The fourth-order valence-electron chi connectivity index (χ4n) is 2.21. The van der Waals surface area contributed by atoms with Gasteiger partial charge in [-0.15, -0.1) is 0 Å². The summed E-state index contributed by atoms with van der Waals surface area (Å²) >= 11 is 0. The molecule has 118 valence electrons. The second-order valence-electron chi connectivity index (χ2n) is 4.72. The van der Waals surface area contributed by atoms with Gasteiger partial charge < -0.3 is 15.8 Å². The van der Waals surface area contributed by atoms with Crippen molar-refractivity contribution in [1.29, 1.82) is 0 Å². The summed E-state index contributed by atoms with van der Waals surface area (Å²) in [5.41, 5.74) is 5.68. The molecule has 0 saturated carbocycles. The molecule has 1 fully saturated rings. The average Bonchev–Trinajstić information content (AvgIpc) is 3.05. The van der Waals surface area contributed by atoms with Crippen LogP contribution in [0.15, 0.2) is 11.1 Å². The number of nitrogen functional groups attached to an aromatic ring is 1. The maximum absolute atomic E-state index is 12.5. The predicted octanol–water partition coefficient (Wildman–Crippen LogP) is -0.396. The Kier molecular flexibility index (Phi) is 4.37. The Morgan fingerprint density at radius 1 is 1.62 bits per heavy atom. The van der Waals surface area contributed by atoms with Gasteiger partial charge in [0.25, 0.3) is 0 Å². The van der Waals surface area contributed by atoms with Crippen molar-refractivity contribution in [1.82, 2.24) is 19.4 Å². The first-order chi connectivity index (χ1) is 9.88. The molecule has 2 heterocycles. The molecule has 0 radical (unpaired) electrons. The van der Waals surface area contributed by atoms with Gasteiger partial charge in [0.05, 0.1) is 7.11 Å². The Labute approximate surface area is 123 Å². The lowest BCUT2D eigenvalue weighted by molar-refractivity contribution is 0.167. The van der Waals surface area contributed by atoms with Gasteiger partial charge in [0, 0.05) is 31.9 Å². The molecule has 0 bridgehead atoms. The van der Waals surface area contributed by atoms with E-state index in [0.717, 1.165) is 0 Å². The number of aryl methyl sites for hydroxylation is 1. The van der Waals surface area contributed by atoms with E-state index in [9.17, 15) is 13.2 Å². The van der Waals surface area contributed by atoms with E-state index in [4.69, 9.17) is 5.73 Å². The van der Waals surface area contributed by atoms with Crippen LogP contribution in [-0.2, 0) is 21.3 Å². The van der Waals surface area contributed by atoms with Crippen molar-refractivity contribution in [3.8, 4) is 0 Å². The lowest BCUT2D eigenvalue weighted by atomic mass is 10.3. The number of methoxy groups -OCH3 is 1. The first-order valence-corrected chi connectivity index (χ1v) is 8.00. The molecule has 0 spiro atoms. The van der Waals surface area contributed by atoms with Crippen LogP contribution in [0.4, 0.5) is 10.6 Å². The number of ether oxygens (including phenoxy) is 1. The minimum atomic E-state index is -3.70. The number of anilines is 1. The first-order valence-electron chi connectivity index (χ1n) is 6.56. The molecule has 1 unspecified atom stereocenters. The summed E-state index contributed by atoms with van der Waals surface area (Å²) in [6.07, 6.45) is 1.37. The highest BCUT2D eigenvalue weighted by Crippen LogP contribution is 2.24. The lowest BCUT2D eigenvalue weighted by Gasteiger charge is -2.16. The van der Waals surface area contributed by atoms with E-state index >= 15 is 0 Å². The third-order valence-corrected chi connectivity index (χ3v) is 5.24. The summed E-state index contributed by atoms with van der Waals surface area (Å²) in [6, 6.07) is -0.269. The van der Waals surface area contributed by atoms with E-state index in [1.54, 1.807) is 0 Å². The lowest BCUT2D eigenvalue weighted by Crippen LogP contribution is -2.38. The van der Waals surface area contributed by atoms with Crippen molar-refractivity contribution >= 4 is 21.9 Å². The van der Waals surface area contributed by atoms with Crippen LogP contribution < -0.4 is 11.1 Å². The van der Waals surface area contributed by atoms with E-state index < -0.39 is 16.1 Å². The number of rotatable bonds is 4. The van der Waals surface area contributed by atoms with Crippen molar-refractivity contribution < 1.29 is 17.9 Å². The van der Waals surface area contributed by atoms with Crippen LogP contribution >= 0.6 is 0 Å². The van der Waals surface area contributed by atoms with Crippen LogP contribution in [0.5, 0.6) is 0 Å². The number of carbonyl (C=O) groups excluding carboxylic acids is 1. The van der Waals surface area contributed by atoms with Gasteiger partial charge >= 0.3 is 6.09 Å². The summed E-state index contributed by atoms with van der Waals surface area (Å²) in [5, 5.41) is 6.54. The molecule has 1 aliphatic rings. The van der Waals surface area contributed by atoms with E-state index in [2.05, 4.69) is 15.2 Å². The molecule has 2 rings (SSSR count). The van der Waals surface area contributed by atoms with Crippen molar-refractivity contribution in [3.05, 3.63) is 6.20 Å². The van der Waals surface area contributed by atoms with E-state index in [0.29, 0.717) is 19.5 Å². The minimum absolute atomic E-state index is 0.00284. The summed E-state index contributed by atoms with van der Waals surface area (Å²) < 4.78 is 32.3. The van der Waals surface area contributed by atoms with Gasteiger partial charge in [0.2, 0.25) is 10.0 Å². The van der Waals surface area contributed by atoms with E-state index in [1.807, 2.05) is 6.92 Å². The summed E-state index contributed by atoms with van der Waals surface area (Å²) in [6.45, 7) is 2.88. The third kappa shape index (κ3) is 3.10. The van der Waals surface area contributed by atoms with Gasteiger partial charge in [-0.2, -0.15) is 9.40 Å². The van der Waals surface area contributed by atoms with E-state index in [1.165, 1.54) is 22.3 Å². The van der Waals surface area contributed by atoms with Crippen molar-refractivity contribution in [2.24, 2.45) is 0 Å². The predicted molar refractivity (Wildman–Crippen MR) is 75.0 cm³/mol. The van der Waals surface area contributed by atoms with Gasteiger partial charge in [-0.05, 0) is 13.3 Å². The molecule has 10 heteroatoms. The molecule has 0 aromatic carbocycles. The number of hydrogen-bond donors (Lipinski definition) is 2. The highest BCUT2D eigenvalue weighted by Gasteiger charge is 2.35. The smallest absolute Gasteiger partial charge is 0.407 e. The maximum atomic E-state index is 12.5. The number of nitrogens with two attached hydrogens (primary N) is 1. The van der Waals surface area contributed by atoms with Crippen LogP contribution in [-0.4, -0.2) is 54.8 Å². The maximum Gasteiger partial charge on any atom is 0.407 e. The molecule has 9 nitrogen and oxygen atoms in total. The Morgan fingerprint density at radius 3 is 2.90 bits per heavy atom. The molecule has 1 atom stereocenters. The fraction of sp³-hybridized carbons (Fsp3) is 0.636. The summed E-state index contributed by atoms with van der Waals surface area (Å²) in [7, 11) is -2.44. The summed E-state index contributed by atoms with van der Waals surface area (Å²) in [4.78, 5) is 11.2. The van der Waals surface area contributed by atoms with Crippen LogP contribution in [0.2, 0.25) is 0 Å². The minimum Gasteiger partial charge on any atom is -0.453 e. The number of sulfonamides is 1. The molecular formula is C11H19N5O4S. The number of amides is 1. The highest BCUT2D eigenvalue weighted by molar-refractivity contribution is 7.89. The van der Waals surface area contributed by atoms with Gasteiger partial charge in [0.15, 0.2) is 5.82 Å². The zero-order chi connectivity index (χ0) is 15.6. The topological polar surface area (TPSA) is 120 Å². The van der Waals surface area contributed by atoms with Gasteiger partial charge in [0.1, 0.15) is 4.90 Å². The van der Waals surface area contributed by atoms with Crippen molar-refractivity contribution in [2.75, 3.05) is 25.9 Å². The first kappa shape index (κ1) is 15.6. The number of aromatic nitrogens is 2. The van der Waals surface area contributed by atoms with Crippen LogP contribution in [0.25, 0.3) is 0 Å². The zero-order valence-corrected chi connectivity index (χ0v) is 12.8. The number of nitrogens with one attached hydrogen (secondary N) is 1. The SMILES string of the molecule is CCn1cc(S(=O)(=O)N2CCC(NC(=O)OC)C2)c(N)n1. The van der Waals surface area contributed by atoms with Crippen LogP contribution in [0, 0.1) is 0 Å². The monoisotopic (exact) mass is 317 g/mol. The number of hydrogen-bond acceptors (Lipinski definition) is 6. The van der Waals surface area contributed by atoms with E-state index in [-0.39, 0.29) is 23.3 Å². The second-order valence-corrected chi connectivity index (χ2v) is 6.63. The Morgan fingerprint density at radius 2 is 2.33 bits per heavy atom. The second kappa shape index (κ2) is 5.90. The standard InChI is InChI=1S/C11H19N5O4S/c1-3-15-7-9(10(12)14-15)21(18,19)16-5-4-8(6-16)13-11(17)20-2/h7-8H,3-6H2,1-2H3,(H2,12,14)(H,13,17). The van der Waals surface area contributed by atoms with Gasteiger partial charge in [-0.1, -0.05) is 0 Å². The van der Waals surface area contributed by atoms with Crippen molar-refractivity contribution in [3.63, 3.8) is 0 Å². The third-order valence-electron chi connectivity index (χ3n) is 3.36. The Hall–Kier alpha value is -1.81. The summed E-state index contributed by atoms with van der Waals surface area (Å²) in [5.74, 6) is -0.0128. The molecule has 1 aromatic heterocycles.